The van der Waals surface area contributed by atoms with Crippen molar-refractivity contribution in [1.82, 2.24) is 0 Å². The summed E-state index contributed by atoms with van der Waals surface area (Å²) < 4.78 is 8.86. The highest BCUT2D eigenvalue weighted by atomic mass is 16.7. The number of carbonyl (C=O) groups is 2. The zero-order valence-corrected chi connectivity index (χ0v) is 10.7. The predicted molar refractivity (Wildman–Crippen MR) is 59.3 cm³/mol. The Bertz CT molecular complexity index is 250. The number of ether oxygens (including phenoxy) is 2. The van der Waals surface area contributed by atoms with Crippen LogP contribution < -0.4 is 0 Å². The van der Waals surface area contributed by atoms with Crippen molar-refractivity contribution in [3.63, 3.8) is 0 Å². The van der Waals surface area contributed by atoms with Crippen molar-refractivity contribution in [3.05, 3.63) is 0 Å². The Morgan fingerprint density at radius 3 is 1.78 bits per heavy atom. The zero-order chi connectivity index (χ0) is 14.9. The third-order valence-corrected chi connectivity index (χ3v) is 1.49. The number of aliphatic hydroxyl groups is 3. The van der Waals surface area contributed by atoms with Crippen LogP contribution in [0.15, 0.2) is 0 Å². The van der Waals surface area contributed by atoms with Gasteiger partial charge in [0, 0.05) is 6.92 Å². The summed E-state index contributed by atoms with van der Waals surface area (Å²) >= 11 is 0. The van der Waals surface area contributed by atoms with Gasteiger partial charge in [0.2, 0.25) is 6.29 Å². The van der Waals surface area contributed by atoms with Crippen LogP contribution in [0.4, 0.5) is 0 Å². The van der Waals surface area contributed by atoms with Crippen molar-refractivity contribution in [3.8, 4) is 0 Å². The van der Waals surface area contributed by atoms with Crippen LogP contribution in [-0.4, -0.2) is 57.2 Å². The molecule has 0 spiro atoms. The van der Waals surface area contributed by atoms with Crippen molar-refractivity contribution < 1.29 is 39.5 Å². The molecular formula is C10H20O8. The van der Waals surface area contributed by atoms with E-state index in [0.717, 1.165) is 13.8 Å². The van der Waals surface area contributed by atoms with Gasteiger partial charge in [0.15, 0.2) is 6.10 Å². The molecule has 0 aromatic heterocycles. The molecule has 3 atom stereocenters. The Morgan fingerprint density at radius 1 is 1.11 bits per heavy atom. The Balaban J connectivity index is 0. The molecule has 0 amide bonds. The van der Waals surface area contributed by atoms with E-state index in [1.54, 1.807) is 0 Å². The lowest BCUT2D eigenvalue weighted by atomic mass is 10.2. The second-order valence-electron chi connectivity index (χ2n) is 3.03. The van der Waals surface area contributed by atoms with Gasteiger partial charge < -0.3 is 29.9 Å². The first-order valence-corrected chi connectivity index (χ1v) is 5.35. The minimum Gasteiger partial charge on any atom is -0.479 e. The molecule has 0 saturated heterocycles. The van der Waals surface area contributed by atoms with Gasteiger partial charge in [-0.25, -0.2) is 4.79 Å². The average Bonchev–Trinajstić information content (AvgIpc) is 2.24. The van der Waals surface area contributed by atoms with Crippen LogP contribution >= 0.6 is 0 Å². The van der Waals surface area contributed by atoms with Gasteiger partial charge in [-0.05, 0) is 6.92 Å². The first-order chi connectivity index (χ1) is 8.25. The van der Waals surface area contributed by atoms with E-state index in [-0.39, 0.29) is 0 Å². The minimum atomic E-state index is -2.20. The molecule has 0 radical (unpaired) electrons. The molecule has 0 aromatic carbocycles. The van der Waals surface area contributed by atoms with Crippen LogP contribution in [0.25, 0.3) is 0 Å². The van der Waals surface area contributed by atoms with Crippen molar-refractivity contribution >= 4 is 11.9 Å². The van der Waals surface area contributed by atoms with Gasteiger partial charge in [0.05, 0.1) is 6.10 Å². The summed E-state index contributed by atoms with van der Waals surface area (Å²) in [7, 11) is 0. The van der Waals surface area contributed by atoms with Gasteiger partial charge in [-0.3, -0.25) is 4.79 Å². The fourth-order valence-electron chi connectivity index (χ4n) is 0.845. The fourth-order valence-corrected chi connectivity index (χ4v) is 0.845. The molecule has 0 fully saturated rings. The van der Waals surface area contributed by atoms with E-state index in [4.69, 9.17) is 20.4 Å². The van der Waals surface area contributed by atoms with Crippen LogP contribution in [0.2, 0.25) is 0 Å². The lowest BCUT2D eigenvalue weighted by Gasteiger charge is -2.24. The quantitative estimate of drug-likeness (QED) is 0.358. The molecule has 108 valence electrons. The number of carbonyl (C=O) groups excluding carboxylic acids is 1. The summed E-state index contributed by atoms with van der Waals surface area (Å²) in [6, 6.07) is 0. The number of esters is 1. The van der Waals surface area contributed by atoms with E-state index in [0.29, 0.717) is 0 Å². The molecule has 0 heterocycles. The molecule has 18 heavy (non-hydrogen) atoms. The van der Waals surface area contributed by atoms with Crippen molar-refractivity contribution in [2.75, 3.05) is 0 Å². The van der Waals surface area contributed by atoms with E-state index in [2.05, 4.69) is 9.47 Å². The molecule has 0 aliphatic rings. The maximum Gasteiger partial charge on any atom is 0.335 e. The van der Waals surface area contributed by atoms with E-state index in [1.165, 1.54) is 0 Å². The number of hydrogen-bond donors (Lipinski definition) is 4. The molecule has 0 aromatic rings. The third kappa shape index (κ3) is 7.96. The van der Waals surface area contributed by atoms with Crippen LogP contribution in [0.3, 0.4) is 0 Å². The number of carboxylic acids is 1. The summed E-state index contributed by atoms with van der Waals surface area (Å²) in [5.74, 6) is -2.40. The summed E-state index contributed by atoms with van der Waals surface area (Å²) in [4.78, 5) is 21.1. The Labute approximate surface area is 105 Å². The second-order valence-corrected chi connectivity index (χ2v) is 3.03. The van der Waals surface area contributed by atoms with Gasteiger partial charge in [0.1, 0.15) is 0 Å². The fraction of sp³-hybridized carbons (Fsp3) is 0.800. The molecule has 3 unspecified atom stereocenters. The van der Waals surface area contributed by atoms with Crippen LogP contribution in [0.5, 0.6) is 0 Å². The number of hydrogen-bond acceptors (Lipinski definition) is 7. The number of aliphatic carboxylic acids is 1. The highest BCUT2D eigenvalue weighted by molar-refractivity contribution is 5.73. The van der Waals surface area contributed by atoms with E-state index in [9.17, 15) is 9.59 Å². The predicted octanol–water partition coefficient (Wildman–Crippen LogP) is -0.937. The highest BCUT2D eigenvalue weighted by Crippen LogP contribution is 2.08. The molecule has 4 N–H and O–H groups in total. The van der Waals surface area contributed by atoms with E-state index < -0.39 is 36.7 Å². The SMILES string of the molecule is CC.CC(=O)OC(OC(C(=O)O)C(C)O)C(O)O. The molecule has 0 rings (SSSR count). The average molecular weight is 268 g/mol. The molecule has 8 heteroatoms. The Kier molecular flexibility index (Phi) is 10.4. The smallest absolute Gasteiger partial charge is 0.335 e. The zero-order valence-electron chi connectivity index (χ0n) is 10.7. The lowest BCUT2D eigenvalue weighted by molar-refractivity contribution is -0.267. The minimum absolute atomic E-state index is 0.882. The normalized spacial score (nSPS) is 15.1. The van der Waals surface area contributed by atoms with Gasteiger partial charge in [0.25, 0.3) is 6.29 Å². The van der Waals surface area contributed by atoms with Gasteiger partial charge >= 0.3 is 11.9 Å². The van der Waals surface area contributed by atoms with Crippen molar-refractivity contribution in [1.29, 1.82) is 0 Å². The maximum atomic E-state index is 10.6. The van der Waals surface area contributed by atoms with Crippen molar-refractivity contribution in [2.45, 2.75) is 52.5 Å². The number of aliphatic hydroxyl groups excluding tert-OH is 2. The van der Waals surface area contributed by atoms with Gasteiger partial charge in [-0.1, -0.05) is 13.8 Å². The van der Waals surface area contributed by atoms with Crippen LogP contribution in [0, 0.1) is 0 Å². The van der Waals surface area contributed by atoms with Gasteiger partial charge in [-0.2, -0.15) is 0 Å². The molecule has 0 saturated carbocycles. The summed E-state index contributed by atoms with van der Waals surface area (Å²) in [6.45, 7) is 6.12. The summed E-state index contributed by atoms with van der Waals surface area (Å²) in [5.41, 5.74) is 0. The number of rotatable bonds is 6. The highest BCUT2D eigenvalue weighted by Gasteiger charge is 2.32. The molecule has 8 nitrogen and oxygen atoms in total. The lowest BCUT2D eigenvalue weighted by Crippen LogP contribution is -2.43. The number of carboxylic acid groups (broad SMARTS) is 1. The standard InChI is InChI=1S/C8H14O8.C2H6/c1-3(9)5(6(11)12)16-8(7(13)14)15-4(2)10;1-2/h3,5,7-9,13-14H,1-2H3,(H,11,12);1-2H3. The summed E-state index contributed by atoms with van der Waals surface area (Å²) in [5, 5.41) is 35.2. The molecular weight excluding hydrogens is 248 g/mol. The van der Waals surface area contributed by atoms with Crippen molar-refractivity contribution in [2.24, 2.45) is 0 Å². The first kappa shape index (κ1) is 19.1. The maximum absolute atomic E-state index is 10.6. The Hall–Kier alpha value is -1.22. The molecule has 0 aliphatic carbocycles. The second kappa shape index (κ2) is 9.77. The summed E-state index contributed by atoms with van der Waals surface area (Å²) in [6.07, 6.45) is -7.21. The van der Waals surface area contributed by atoms with E-state index in [1.807, 2.05) is 13.8 Å². The molecule has 0 aliphatic heterocycles. The monoisotopic (exact) mass is 268 g/mol. The first-order valence-electron chi connectivity index (χ1n) is 5.35. The third-order valence-electron chi connectivity index (χ3n) is 1.49. The Morgan fingerprint density at radius 2 is 1.56 bits per heavy atom. The molecule has 0 bridgehead atoms. The van der Waals surface area contributed by atoms with Crippen LogP contribution in [0.1, 0.15) is 27.7 Å². The largest absolute Gasteiger partial charge is 0.479 e. The van der Waals surface area contributed by atoms with Gasteiger partial charge in [-0.15, -0.1) is 0 Å². The topological polar surface area (TPSA) is 134 Å². The van der Waals surface area contributed by atoms with E-state index >= 15 is 0 Å². The van der Waals surface area contributed by atoms with Crippen LogP contribution in [-0.2, 0) is 19.1 Å².